The summed E-state index contributed by atoms with van der Waals surface area (Å²) in [5.74, 6) is 0. The van der Waals surface area contributed by atoms with Crippen molar-refractivity contribution in [3.8, 4) is 0 Å². The Morgan fingerprint density at radius 1 is 1.33 bits per heavy atom. The van der Waals surface area contributed by atoms with Crippen LogP contribution in [0.15, 0.2) is 11.1 Å². The van der Waals surface area contributed by atoms with Gasteiger partial charge >= 0.3 is 0 Å². The van der Waals surface area contributed by atoms with E-state index in [2.05, 4.69) is 22.4 Å². The lowest BCUT2D eigenvalue weighted by Crippen LogP contribution is -1.96. The van der Waals surface area contributed by atoms with Crippen LogP contribution in [0.25, 0.3) is 0 Å². The Balaban J connectivity index is 3.58. The molecule has 0 saturated heterocycles. The predicted molar refractivity (Wildman–Crippen MR) is 62.0 cm³/mol. The lowest BCUT2D eigenvalue weighted by molar-refractivity contribution is -0.385. The maximum absolute atomic E-state index is 10.8. The minimum Gasteiger partial charge on any atom is -0.258 e. The second-order valence-electron chi connectivity index (χ2n) is 3.25. The summed E-state index contributed by atoms with van der Waals surface area (Å²) in [6.07, 6.45) is 0. The maximum Gasteiger partial charge on any atom is 0.274 e. The number of aliphatic imine (C=N–C) groups is 1. The van der Waals surface area contributed by atoms with Gasteiger partial charge in [-0.05, 0) is 44.1 Å². The normalized spacial score (nSPS) is 9.53. The highest BCUT2D eigenvalue weighted by molar-refractivity contribution is 7.78. The van der Waals surface area contributed by atoms with Gasteiger partial charge in [0.15, 0.2) is 0 Å². The van der Waals surface area contributed by atoms with Crippen LogP contribution in [0.1, 0.15) is 16.7 Å². The number of isothiocyanates is 1. The Morgan fingerprint density at radius 2 is 1.93 bits per heavy atom. The van der Waals surface area contributed by atoms with E-state index in [1.807, 2.05) is 13.8 Å². The predicted octanol–water partition coefficient (Wildman–Crippen LogP) is 3.25. The maximum atomic E-state index is 10.8. The molecule has 1 aromatic rings. The molecule has 0 fully saturated rings. The molecule has 78 valence electrons. The fourth-order valence-corrected chi connectivity index (χ4v) is 1.46. The molecule has 0 aliphatic heterocycles. The third kappa shape index (κ3) is 2.09. The van der Waals surface area contributed by atoms with Crippen molar-refractivity contribution in [1.29, 1.82) is 0 Å². The molecule has 0 radical (unpaired) electrons. The van der Waals surface area contributed by atoms with Crippen molar-refractivity contribution in [1.82, 2.24) is 0 Å². The number of nitro benzene ring substituents is 1. The van der Waals surface area contributed by atoms with Crippen LogP contribution < -0.4 is 0 Å². The van der Waals surface area contributed by atoms with E-state index in [-0.39, 0.29) is 5.69 Å². The number of hydrogen-bond donors (Lipinski definition) is 0. The number of rotatable bonds is 2. The summed E-state index contributed by atoms with van der Waals surface area (Å²) in [5, 5.41) is 13.0. The summed E-state index contributed by atoms with van der Waals surface area (Å²) in [6, 6.07) is 1.43. The highest BCUT2D eigenvalue weighted by atomic mass is 32.1. The molecule has 0 bridgehead atoms. The fourth-order valence-electron chi connectivity index (χ4n) is 1.37. The van der Waals surface area contributed by atoms with Crippen molar-refractivity contribution < 1.29 is 4.92 Å². The second kappa shape index (κ2) is 4.29. The zero-order valence-electron chi connectivity index (χ0n) is 8.70. The van der Waals surface area contributed by atoms with Gasteiger partial charge in [-0.15, -0.1) is 0 Å². The van der Waals surface area contributed by atoms with Gasteiger partial charge in [0.25, 0.3) is 5.69 Å². The molecule has 0 aromatic heterocycles. The molecule has 4 nitrogen and oxygen atoms in total. The molecule has 0 amide bonds. The van der Waals surface area contributed by atoms with Crippen LogP contribution in [0.3, 0.4) is 0 Å². The van der Waals surface area contributed by atoms with Gasteiger partial charge in [0.2, 0.25) is 0 Å². The zero-order chi connectivity index (χ0) is 11.6. The Kier molecular flexibility index (Phi) is 3.29. The van der Waals surface area contributed by atoms with Gasteiger partial charge in [-0.25, -0.2) is 0 Å². The van der Waals surface area contributed by atoms with Crippen molar-refractivity contribution in [2.45, 2.75) is 20.8 Å². The molecule has 1 aromatic carbocycles. The quantitative estimate of drug-likeness (QED) is 0.334. The molecule has 0 spiro atoms. The molecule has 0 unspecified atom stereocenters. The average molecular weight is 222 g/mol. The van der Waals surface area contributed by atoms with Crippen LogP contribution in [0.5, 0.6) is 0 Å². The van der Waals surface area contributed by atoms with Gasteiger partial charge in [-0.2, -0.15) is 4.99 Å². The van der Waals surface area contributed by atoms with Crippen LogP contribution in [0.2, 0.25) is 0 Å². The Bertz CT molecular complexity index is 451. The largest absolute Gasteiger partial charge is 0.274 e. The van der Waals surface area contributed by atoms with E-state index in [1.165, 1.54) is 6.07 Å². The summed E-state index contributed by atoms with van der Waals surface area (Å²) >= 11 is 4.49. The Morgan fingerprint density at radius 3 is 2.40 bits per heavy atom. The van der Waals surface area contributed by atoms with Crippen LogP contribution in [0, 0.1) is 30.9 Å². The highest BCUT2D eigenvalue weighted by Gasteiger charge is 2.16. The topological polar surface area (TPSA) is 55.5 Å². The van der Waals surface area contributed by atoms with Crippen LogP contribution in [-0.4, -0.2) is 10.1 Å². The van der Waals surface area contributed by atoms with Crippen molar-refractivity contribution in [3.63, 3.8) is 0 Å². The molecule has 0 N–H and O–H groups in total. The van der Waals surface area contributed by atoms with Gasteiger partial charge in [0, 0.05) is 11.6 Å². The Hall–Kier alpha value is -1.58. The van der Waals surface area contributed by atoms with Crippen LogP contribution >= 0.6 is 12.2 Å². The van der Waals surface area contributed by atoms with E-state index < -0.39 is 4.92 Å². The monoisotopic (exact) mass is 222 g/mol. The smallest absolute Gasteiger partial charge is 0.258 e. The zero-order valence-corrected chi connectivity index (χ0v) is 9.51. The molecule has 5 heteroatoms. The van der Waals surface area contributed by atoms with Gasteiger partial charge in [0.05, 0.1) is 15.8 Å². The molecule has 0 saturated carbocycles. The first-order chi connectivity index (χ1) is 6.99. The molecule has 0 heterocycles. The standard InChI is InChI=1S/C10H10N2O2S/c1-6-7(2)9(11-5-15)4-10(8(6)3)12(13)14/h4H,1-3H3. The van der Waals surface area contributed by atoms with E-state index in [0.29, 0.717) is 11.3 Å². The molecular formula is C10H10N2O2S. The molecule has 0 aliphatic rings. The van der Waals surface area contributed by atoms with E-state index in [9.17, 15) is 10.1 Å². The van der Waals surface area contributed by atoms with Gasteiger partial charge in [-0.3, -0.25) is 10.1 Å². The number of nitro groups is 1. The molecule has 15 heavy (non-hydrogen) atoms. The van der Waals surface area contributed by atoms with Gasteiger partial charge < -0.3 is 0 Å². The summed E-state index contributed by atoms with van der Waals surface area (Å²) < 4.78 is 0. The first-order valence-corrected chi connectivity index (χ1v) is 4.73. The van der Waals surface area contributed by atoms with E-state index >= 15 is 0 Å². The third-order valence-corrected chi connectivity index (χ3v) is 2.62. The molecular weight excluding hydrogens is 212 g/mol. The summed E-state index contributed by atoms with van der Waals surface area (Å²) in [6.45, 7) is 5.42. The van der Waals surface area contributed by atoms with Crippen molar-refractivity contribution in [2.24, 2.45) is 4.99 Å². The SMILES string of the molecule is Cc1c(N=C=S)cc([N+](=O)[O-])c(C)c1C. The first-order valence-electron chi connectivity index (χ1n) is 4.32. The van der Waals surface area contributed by atoms with E-state index in [0.717, 1.165) is 11.1 Å². The second-order valence-corrected chi connectivity index (χ2v) is 3.43. The van der Waals surface area contributed by atoms with Crippen molar-refractivity contribution in [3.05, 3.63) is 32.9 Å². The summed E-state index contributed by atoms with van der Waals surface area (Å²) in [7, 11) is 0. The van der Waals surface area contributed by atoms with Crippen LogP contribution in [0.4, 0.5) is 11.4 Å². The minimum atomic E-state index is -0.413. The number of nitrogens with zero attached hydrogens (tertiary/aromatic N) is 2. The van der Waals surface area contributed by atoms with Gasteiger partial charge in [-0.1, -0.05) is 0 Å². The molecule has 0 aliphatic carbocycles. The summed E-state index contributed by atoms with van der Waals surface area (Å²) in [4.78, 5) is 14.2. The number of hydrogen-bond acceptors (Lipinski definition) is 4. The molecule has 0 atom stereocenters. The van der Waals surface area contributed by atoms with E-state index in [4.69, 9.17) is 0 Å². The van der Waals surface area contributed by atoms with Gasteiger partial charge in [0.1, 0.15) is 0 Å². The van der Waals surface area contributed by atoms with Crippen molar-refractivity contribution in [2.75, 3.05) is 0 Å². The highest BCUT2D eigenvalue weighted by Crippen LogP contribution is 2.31. The van der Waals surface area contributed by atoms with Crippen molar-refractivity contribution >= 4 is 28.8 Å². The minimum absolute atomic E-state index is 0.0714. The van der Waals surface area contributed by atoms with E-state index in [1.54, 1.807) is 6.92 Å². The Labute approximate surface area is 92.8 Å². The summed E-state index contributed by atoms with van der Waals surface area (Å²) in [5.41, 5.74) is 3.02. The van der Waals surface area contributed by atoms with Crippen LogP contribution in [-0.2, 0) is 0 Å². The molecule has 1 rings (SSSR count). The lowest BCUT2D eigenvalue weighted by Gasteiger charge is -2.07. The first kappa shape index (κ1) is 11.5. The number of benzene rings is 1. The fraction of sp³-hybridized carbons (Fsp3) is 0.300. The third-order valence-electron chi connectivity index (χ3n) is 2.53. The lowest BCUT2D eigenvalue weighted by atomic mass is 10.0. The average Bonchev–Trinajstić information content (AvgIpc) is 2.18. The number of thiocarbonyl (C=S) groups is 1.